The molecule has 1 saturated heterocycles. The van der Waals surface area contributed by atoms with Crippen molar-refractivity contribution in [1.29, 1.82) is 0 Å². The van der Waals surface area contributed by atoms with Gasteiger partial charge in [0.15, 0.2) is 0 Å². The Balaban J connectivity index is 2.48. The molecule has 11 nitrogen and oxygen atoms in total. The standard InChI is InChI=1S/C48H79NO10/c1-5-9-13-24-41(25-14-10-6-2)36-55-44(50)28-17-19-30-46(52)57-38-43(40-59-48(54)32-23-35-49-33-21-22-34-49)39-58-47(53)31-20-18-29-45(51)56-37-42(26-15-11-7-3)27-16-12-8-4/h5-8,41-43H,1-4,9-40H2. The molecule has 0 unspecified atom stereocenters. The largest absolute Gasteiger partial charge is 0.465 e. The predicted octanol–water partition coefficient (Wildman–Crippen LogP) is 9.97. The van der Waals surface area contributed by atoms with Gasteiger partial charge in [0, 0.05) is 32.1 Å². The highest BCUT2D eigenvalue weighted by Crippen LogP contribution is 2.19. The van der Waals surface area contributed by atoms with Gasteiger partial charge in [-0.25, -0.2) is 0 Å². The summed E-state index contributed by atoms with van der Waals surface area (Å²) in [7, 11) is 0. The van der Waals surface area contributed by atoms with Gasteiger partial charge in [0.25, 0.3) is 0 Å². The van der Waals surface area contributed by atoms with Crippen LogP contribution in [0.2, 0.25) is 0 Å². The van der Waals surface area contributed by atoms with Crippen LogP contribution in [0.15, 0.2) is 50.6 Å². The van der Waals surface area contributed by atoms with Crippen molar-refractivity contribution >= 4 is 29.8 Å². The smallest absolute Gasteiger partial charge is 0.305 e. The Kier molecular flexibility index (Phi) is 33.7. The molecule has 0 atom stereocenters. The van der Waals surface area contributed by atoms with Crippen molar-refractivity contribution in [1.82, 2.24) is 4.90 Å². The van der Waals surface area contributed by atoms with Crippen LogP contribution in [0.5, 0.6) is 0 Å². The van der Waals surface area contributed by atoms with E-state index >= 15 is 0 Å². The SMILES string of the molecule is C=CCCCC(CCCC=C)COC(=O)CCCCC(=O)OCC(COC(=O)CCCCC(=O)OCC(CCCC=C)CCCC=C)COC(=O)CCCN1CCCC1. The molecule has 1 aliphatic rings. The summed E-state index contributed by atoms with van der Waals surface area (Å²) < 4.78 is 27.6. The first-order chi connectivity index (χ1) is 28.7. The zero-order chi connectivity index (χ0) is 43.2. The molecule has 1 fully saturated rings. The second kappa shape index (κ2) is 37.3. The van der Waals surface area contributed by atoms with E-state index in [1.54, 1.807) is 0 Å². The maximum atomic E-state index is 12.6. The Bertz CT molecular complexity index is 1100. The van der Waals surface area contributed by atoms with Crippen LogP contribution in [0.1, 0.15) is 154 Å². The molecule has 0 aromatic rings. The van der Waals surface area contributed by atoms with Crippen LogP contribution in [0, 0.1) is 17.8 Å². The number of ether oxygens (including phenoxy) is 5. The van der Waals surface area contributed by atoms with Gasteiger partial charge in [-0.1, -0.05) is 24.3 Å². The van der Waals surface area contributed by atoms with E-state index in [1.807, 2.05) is 24.3 Å². The van der Waals surface area contributed by atoms with E-state index in [2.05, 4.69) is 31.2 Å². The number of carbonyl (C=O) groups excluding carboxylic acids is 5. The van der Waals surface area contributed by atoms with Gasteiger partial charge in [-0.05, 0) is 153 Å². The highest BCUT2D eigenvalue weighted by molar-refractivity contribution is 5.71. The van der Waals surface area contributed by atoms with Crippen molar-refractivity contribution in [3.63, 3.8) is 0 Å². The van der Waals surface area contributed by atoms with Crippen molar-refractivity contribution in [2.24, 2.45) is 17.8 Å². The number of rotatable bonds is 40. The lowest BCUT2D eigenvalue weighted by Crippen LogP contribution is -2.27. The molecular formula is C48H79NO10. The lowest BCUT2D eigenvalue weighted by Gasteiger charge is -2.18. The summed E-state index contributed by atoms with van der Waals surface area (Å²) in [4.78, 5) is 64.9. The second-order valence-electron chi connectivity index (χ2n) is 16.0. The highest BCUT2D eigenvalue weighted by atomic mass is 16.6. The van der Waals surface area contributed by atoms with Gasteiger partial charge in [0.1, 0.15) is 19.8 Å². The molecule has 0 aromatic carbocycles. The summed E-state index contributed by atoms with van der Waals surface area (Å²) in [6, 6.07) is 0. The lowest BCUT2D eigenvalue weighted by atomic mass is 9.96. The molecule has 59 heavy (non-hydrogen) atoms. The number of hydrogen-bond acceptors (Lipinski definition) is 11. The zero-order valence-electron chi connectivity index (χ0n) is 36.5. The van der Waals surface area contributed by atoms with Gasteiger partial charge in [0.05, 0.1) is 19.1 Å². The minimum atomic E-state index is -0.535. The van der Waals surface area contributed by atoms with Crippen molar-refractivity contribution in [3.05, 3.63) is 50.6 Å². The normalized spacial score (nSPS) is 12.7. The first-order valence-electron chi connectivity index (χ1n) is 22.6. The average molecular weight is 830 g/mol. The molecule has 0 bridgehead atoms. The van der Waals surface area contributed by atoms with E-state index in [-0.39, 0.29) is 69.8 Å². The Morgan fingerprint density at radius 2 is 0.678 bits per heavy atom. The quantitative estimate of drug-likeness (QED) is 0.0253. The van der Waals surface area contributed by atoms with E-state index < -0.39 is 17.9 Å². The molecular weight excluding hydrogens is 751 g/mol. The van der Waals surface area contributed by atoms with E-state index in [9.17, 15) is 24.0 Å². The van der Waals surface area contributed by atoms with Crippen LogP contribution >= 0.6 is 0 Å². The molecule has 0 aromatic heterocycles. The van der Waals surface area contributed by atoms with Crippen LogP contribution in [-0.2, 0) is 47.7 Å². The molecule has 336 valence electrons. The number of nitrogens with zero attached hydrogens (tertiary/aromatic N) is 1. The minimum absolute atomic E-state index is 0.0505. The monoisotopic (exact) mass is 830 g/mol. The van der Waals surface area contributed by atoms with Crippen molar-refractivity contribution in [2.45, 2.75) is 154 Å². The third-order valence-electron chi connectivity index (χ3n) is 10.6. The molecule has 0 saturated carbocycles. The third kappa shape index (κ3) is 31.8. The maximum Gasteiger partial charge on any atom is 0.305 e. The molecule has 1 heterocycles. The number of allylic oxidation sites excluding steroid dienone is 4. The van der Waals surface area contributed by atoms with Crippen LogP contribution in [-0.4, -0.2) is 87.4 Å². The predicted molar refractivity (Wildman–Crippen MR) is 233 cm³/mol. The Morgan fingerprint density at radius 1 is 0.407 bits per heavy atom. The summed E-state index contributed by atoms with van der Waals surface area (Å²) in [5.41, 5.74) is 0. The molecule has 1 rings (SSSR count). The van der Waals surface area contributed by atoms with Gasteiger partial charge < -0.3 is 28.6 Å². The van der Waals surface area contributed by atoms with Crippen LogP contribution in [0.4, 0.5) is 0 Å². The molecule has 0 N–H and O–H groups in total. The molecule has 0 amide bonds. The molecule has 0 radical (unpaired) electrons. The zero-order valence-corrected chi connectivity index (χ0v) is 36.5. The van der Waals surface area contributed by atoms with Crippen molar-refractivity contribution < 1.29 is 47.7 Å². The highest BCUT2D eigenvalue weighted by Gasteiger charge is 2.20. The first-order valence-corrected chi connectivity index (χ1v) is 22.6. The van der Waals surface area contributed by atoms with Gasteiger partial charge in [0.2, 0.25) is 0 Å². The third-order valence-corrected chi connectivity index (χ3v) is 10.6. The summed E-state index contributed by atoms with van der Waals surface area (Å²) in [5, 5.41) is 0. The number of likely N-dealkylation sites (tertiary alicyclic amines) is 1. The molecule has 11 heteroatoms. The van der Waals surface area contributed by atoms with E-state index in [1.165, 1.54) is 12.8 Å². The Hall–Kier alpha value is -3.73. The van der Waals surface area contributed by atoms with Crippen molar-refractivity contribution in [3.8, 4) is 0 Å². The molecule has 0 aliphatic carbocycles. The van der Waals surface area contributed by atoms with Crippen LogP contribution < -0.4 is 0 Å². The summed E-state index contributed by atoms with van der Waals surface area (Å²) in [6.07, 6.45) is 25.3. The fourth-order valence-corrected chi connectivity index (χ4v) is 6.92. The van der Waals surface area contributed by atoms with E-state index in [4.69, 9.17) is 23.7 Å². The fourth-order valence-electron chi connectivity index (χ4n) is 6.92. The van der Waals surface area contributed by atoms with Gasteiger partial charge in [-0.3, -0.25) is 24.0 Å². The summed E-state index contributed by atoms with van der Waals surface area (Å²) >= 11 is 0. The molecule has 1 aliphatic heterocycles. The number of carbonyl (C=O) groups is 5. The first kappa shape index (κ1) is 53.3. The van der Waals surface area contributed by atoms with E-state index in [0.717, 1.165) is 96.7 Å². The molecule has 0 spiro atoms. The summed E-state index contributed by atoms with van der Waals surface area (Å²) in [5.74, 6) is -1.68. The minimum Gasteiger partial charge on any atom is -0.465 e. The Labute approximate surface area is 356 Å². The number of esters is 5. The summed E-state index contributed by atoms with van der Waals surface area (Å²) in [6.45, 7) is 18.7. The van der Waals surface area contributed by atoms with Crippen LogP contribution in [0.25, 0.3) is 0 Å². The van der Waals surface area contributed by atoms with Gasteiger partial charge in [-0.2, -0.15) is 0 Å². The number of hydrogen-bond donors (Lipinski definition) is 0. The number of unbranched alkanes of at least 4 members (excludes halogenated alkanes) is 6. The topological polar surface area (TPSA) is 135 Å². The average Bonchev–Trinajstić information content (AvgIpc) is 3.75. The van der Waals surface area contributed by atoms with Crippen molar-refractivity contribution in [2.75, 3.05) is 52.7 Å². The maximum absolute atomic E-state index is 12.6. The van der Waals surface area contributed by atoms with Crippen LogP contribution in [0.3, 0.4) is 0 Å². The van der Waals surface area contributed by atoms with Gasteiger partial charge in [-0.15, -0.1) is 26.3 Å². The fraction of sp³-hybridized carbons (Fsp3) is 0.729. The second-order valence-corrected chi connectivity index (χ2v) is 16.0. The van der Waals surface area contributed by atoms with E-state index in [0.29, 0.717) is 57.2 Å². The van der Waals surface area contributed by atoms with Gasteiger partial charge >= 0.3 is 29.8 Å². The Morgan fingerprint density at radius 3 is 0.966 bits per heavy atom. The lowest BCUT2D eigenvalue weighted by molar-refractivity contribution is -0.154.